The molecule has 0 aliphatic carbocycles. The predicted molar refractivity (Wildman–Crippen MR) is 48.8 cm³/mol. The van der Waals surface area contributed by atoms with Crippen molar-refractivity contribution in [1.82, 2.24) is 5.48 Å². The Hall–Kier alpha value is -1.39. The van der Waals surface area contributed by atoms with Gasteiger partial charge in [-0.3, -0.25) is 10.0 Å². The van der Waals surface area contributed by atoms with Gasteiger partial charge in [0.25, 0.3) is 5.91 Å². The number of carbonyl (C=O) groups excluding carboxylic acids is 1. The molecule has 74 valence electrons. The van der Waals surface area contributed by atoms with E-state index in [2.05, 4.69) is 0 Å². The summed E-state index contributed by atoms with van der Waals surface area (Å²) in [6, 6.07) is 7.59. The molecule has 0 saturated carbocycles. The van der Waals surface area contributed by atoms with E-state index in [1.165, 1.54) is 0 Å². The van der Waals surface area contributed by atoms with Gasteiger partial charge in [0.1, 0.15) is 0 Å². The molecule has 1 aromatic rings. The molecule has 0 saturated heterocycles. The largest absolute Gasteiger partial charge is 0.363 e. The fraction of sp³-hybridized carbons (Fsp3) is 0.300. The molecule has 4 heteroatoms. The van der Waals surface area contributed by atoms with Crippen molar-refractivity contribution in [3.63, 3.8) is 0 Å². The van der Waals surface area contributed by atoms with Crippen molar-refractivity contribution in [1.29, 1.82) is 0 Å². The lowest BCUT2D eigenvalue weighted by atomic mass is 9.97. The van der Waals surface area contributed by atoms with Crippen LogP contribution in [0.1, 0.15) is 17.2 Å². The van der Waals surface area contributed by atoms with Crippen molar-refractivity contribution in [2.45, 2.75) is 12.5 Å². The maximum Gasteiger partial charge on any atom is 0.277 e. The second-order valence-corrected chi connectivity index (χ2v) is 3.18. The van der Waals surface area contributed by atoms with E-state index in [0.29, 0.717) is 6.61 Å². The van der Waals surface area contributed by atoms with Crippen LogP contribution in [0.15, 0.2) is 24.3 Å². The number of amides is 1. The number of hydroxylamine groups is 1. The third-order valence-electron chi connectivity index (χ3n) is 2.34. The van der Waals surface area contributed by atoms with E-state index in [0.717, 1.165) is 17.5 Å². The van der Waals surface area contributed by atoms with Crippen molar-refractivity contribution in [2.24, 2.45) is 0 Å². The smallest absolute Gasteiger partial charge is 0.277 e. The van der Waals surface area contributed by atoms with Gasteiger partial charge in [0.15, 0.2) is 6.10 Å². The molecule has 1 aromatic carbocycles. The van der Waals surface area contributed by atoms with Gasteiger partial charge in [-0.05, 0) is 17.5 Å². The standard InChI is InChI=1S/C10H11NO3/c12-10(11-13)9-8-4-2-1-3-7(8)5-6-14-9/h1-4,9,13H,5-6H2,(H,11,12). The molecule has 2 N–H and O–H groups in total. The fourth-order valence-corrected chi connectivity index (χ4v) is 1.67. The minimum Gasteiger partial charge on any atom is -0.363 e. The summed E-state index contributed by atoms with van der Waals surface area (Å²) >= 11 is 0. The van der Waals surface area contributed by atoms with Crippen molar-refractivity contribution in [3.8, 4) is 0 Å². The normalized spacial score (nSPS) is 19.9. The lowest BCUT2D eigenvalue weighted by Gasteiger charge is -2.23. The molecule has 0 bridgehead atoms. The molecule has 0 radical (unpaired) electrons. The molecule has 0 aromatic heterocycles. The molecular weight excluding hydrogens is 182 g/mol. The number of ether oxygens (including phenoxy) is 1. The van der Waals surface area contributed by atoms with Crippen LogP contribution in [0.25, 0.3) is 0 Å². The maximum absolute atomic E-state index is 11.2. The van der Waals surface area contributed by atoms with Crippen LogP contribution in [-0.2, 0) is 16.0 Å². The summed E-state index contributed by atoms with van der Waals surface area (Å²) in [5, 5.41) is 8.53. The monoisotopic (exact) mass is 193 g/mol. The number of rotatable bonds is 1. The highest BCUT2D eigenvalue weighted by atomic mass is 16.5. The van der Waals surface area contributed by atoms with E-state index in [4.69, 9.17) is 9.94 Å². The highest BCUT2D eigenvalue weighted by molar-refractivity contribution is 5.81. The number of hydrogen-bond donors (Lipinski definition) is 2. The predicted octanol–water partition coefficient (Wildman–Crippen LogP) is 0.806. The fourth-order valence-electron chi connectivity index (χ4n) is 1.67. The minimum atomic E-state index is -0.676. The lowest BCUT2D eigenvalue weighted by molar-refractivity contribution is -0.142. The van der Waals surface area contributed by atoms with Gasteiger partial charge < -0.3 is 4.74 Å². The summed E-state index contributed by atoms with van der Waals surface area (Å²) in [6.07, 6.45) is 0.135. The number of fused-ring (bicyclic) bond motifs is 1. The Morgan fingerprint density at radius 2 is 2.29 bits per heavy atom. The summed E-state index contributed by atoms with van der Waals surface area (Å²) in [6.45, 7) is 0.509. The summed E-state index contributed by atoms with van der Waals surface area (Å²) in [4.78, 5) is 11.2. The van der Waals surface area contributed by atoms with Crippen molar-refractivity contribution in [3.05, 3.63) is 35.4 Å². The highest BCUT2D eigenvalue weighted by Crippen LogP contribution is 2.26. The molecule has 1 heterocycles. The second kappa shape index (κ2) is 3.77. The van der Waals surface area contributed by atoms with Crippen molar-refractivity contribution in [2.75, 3.05) is 6.61 Å². The van der Waals surface area contributed by atoms with Gasteiger partial charge in [-0.25, -0.2) is 5.48 Å². The van der Waals surface area contributed by atoms with Gasteiger partial charge in [0, 0.05) is 0 Å². The zero-order chi connectivity index (χ0) is 9.97. The second-order valence-electron chi connectivity index (χ2n) is 3.18. The Morgan fingerprint density at radius 1 is 1.50 bits per heavy atom. The quantitative estimate of drug-likeness (QED) is 0.512. The van der Waals surface area contributed by atoms with Crippen LogP contribution in [-0.4, -0.2) is 17.7 Å². The van der Waals surface area contributed by atoms with E-state index in [1.807, 2.05) is 24.3 Å². The summed E-state index contributed by atoms with van der Waals surface area (Å²) < 4.78 is 5.29. The molecule has 2 rings (SSSR count). The lowest BCUT2D eigenvalue weighted by Crippen LogP contribution is -2.31. The number of carbonyl (C=O) groups is 1. The van der Waals surface area contributed by atoms with E-state index in [9.17, 15) is 4.79 Å². The Labute approximate surface area is 81.5 Å². The number of nitrogens with one attached hydrogen (secondary N) is 1. The first-order valence-corrected chi connectivity index (χ1v) is 4.46. The topological polar surface area (TPSA) is 58.6 Å². The molecule has 1 atom stereocenters. The molecule has 1 aliphatic heterocycles. The minimum absolute atomic E-state index is 0.509. The Balaban J connectivity index is 2.35. The van der Waals surface area contributed by atoms with Gasteiger partial charge in [-0.2, -0.15) is 0 Å². The van der Waals surface area contributed by atoms with Gasteiger partial charge >= 0.3 is 0 Å². The summed E-state index contributed by atoms with van der Waals surface area (Å²) in [5.74, 6) is -0.517. The Bertz CT molecular complexity index is 351. The summed E-state index contributed by atoms with van der Waals surface area (Å²) in [7, 11) is 0. The third-order valence-corrected chi connectivity index (χ3v) is 2.34. The van der Waals surface area contributed by atoms with Crippen LogP contribution < -0.4 is 5.48 Å². The first-order chi connectivity index (χ1) is 6.83. The van der Waals surface area contributed by atoms with E-state index < -0.39 is 12.0 Å². The van der Waals surface area contributed by atoms with Gasteiger partial charge in [-0.15, -0.1) is 0 Å². The van der Waals surface area contributed by atoms with Crippen LogP contribution in [0.5, 0.6) is 0 Å². The van der Waals surface area contributed by atoms with E-state index in [1.54, 1.807) is 5.48 Å². The SMILES string of the molecule is O=C(NO)C1OCCc2ccccc21. The van der Waals surface area contributed by atoms with Crippen molar-refractivity contribution >= 4 is 5.91 Å². The van der Waals surface area contributed by atoms with Crippen LogP contribution in [0.3, 0.4) is 0 Å². The first kappa shape index (κ1) is 9.18. The molecule has 0 spiro atoms. The highest BCUT2D eigenvalue weighted by Gasteiger charge is 2.26. The van der Waals surface area contributed by atoms with Crippen LogP contribution in [0, 0.1) is 0 Å². The average molecular weight is 193 g/mol. The van der Waals surface area contributed by atoms with Crippen LogP contribution in [0.2, 0.25) is 0 Å². The summed E-state index contributed by atoms with van der Waals surface area (Å²) in [5.41, 5.74) is 3.55. The molecule has 4 nitrogen and oxygen atoms in total. The molecule has 1 aliphatic rings. The average Bonchev–Trinajstić information content (AvgIpc) is 2.27. The van der Waals surface area contributed by atoms with Crippen molar-refractivity contribution < 1.29 is 14.7 Å². The zero-order valence-electron chi connectivity index (χ0n) is 7.56. The van der Waals surface area contributed by atoms with Gasteiger partial charge in [0.05, 0.1) is 6.61 Å². The third kappa shape index (κ3) is 1.49. The molecule has 14 heavy (non-hydrogen) atoms. The molecule has 1 amide bonds. The van der Waals surface area contributed by atoms with E-state index >= 15 is 0 Å². The van der Waals surface area contributed by atoms with E-state index in [-0.39, 0.29) is 0 Å². The van der Waals surface area contributed by atoms with Gasteiger partial charge in [-0.1, -0.05) is 24.3 Å². The molecule has 0 fully saturated rings. The molecular formula is C10H11NO3. The maximum atomic E-state index is 11.2. The number of hydrogen-bond acceptors (Lipinski definition) is 3. The number of benzene rings is 1. The first-order valence-electron chi connectivity index (χ1n) is 4.46. The van der Waals surface area contributed by atoms with Crippen LogP contribution >= 0.6 is 0 Å². The zero-order valence-corrected chi connectivity index (χ0v) is 7.56. The van der Waals surface area contributed by atoms with Gasteiger partial charge in [0.2, 0.25) is 0 Å². The Kier molecular flexibility index (Phi) is 2.47. The van der Waals surface area contributed by atoms with Crippen LogP contribution in [0.4, 0.5) is 0 Å². The Morgan fingerprint density at radius 3 is 3.07 bits per heavy atom. The molecule has 1 unspecified atom stereocenters.